The zero-order valence-corrected chi connectivity index (χ0v) is 12.8. The second-order valence-corrected chi connectivity index (χ2v) is 5.78. The highest BCUT2D eigenvalue weighted by Gasteiger charge is 2.40. The predicted octanol–water partition coefficient (Wildman–Crippen LogP) is 2.65. The summed E-state index contributed by atoms with van der Waals surface area (Å²) in [6, 6.07) is 4.15. The first kappa shape index (κ1) is 15.3. The van der Waals surface area contributed by atoms with Crippen LogP contribution in [0.4, 0.5) is 5.69 Å². The average Bonchev–Trinajstić information content (AvgIpc) is 2.46. The van der Waals surface area contributed by atoms with Crippen LogP contribution in [0, 0.1) is 30.6 Å². The van der Waals surface area contributed by atoms with Crippen LogP contribution < -0.4 is 4.90 Å². The molecule has 5 nitrogen and oxygen atoms in total. The molecule has 1 fully saturated rings. The summed E-state index contributed by atoms with van der Waals surface area (Å²) in [5.41, 5.74) is 2.49. The van der Waals surface area contributed by atoms with Crippen LogP contribution in [-0.2, 0) is 4.79 Å². The van der Waals surface area contributed by atoms with Gasteiger partial charge < -0.3 is 10.0 Å². The van der Waals surface area contributed by atoms with E-state index >= 15 is 0 Å². The Kier molecular flexibility index (Phi) is 4.17. The first-order chi connectivity index (χ1) is 9.93. The van der Waals surface area contributed by atoms with Crippen molar-refractivity contribution in [1.82, 2.24) is 4.98 Å². The molecule has 1 saturated heterocycles. The van der Waals surface area contributed by atoms with Crippen LogP contribution in [0.15, 0.2) is 6.07 Å². The number of carboxylic acids is 1. The molecule has 112 valence electrons. The summed E-state index contributed by atoms with van der Waals surface area (Å²) < 4.78 is 0. The minimum atomic E-state index is -0.702. The first-order valence-electron chi connectivity index (χ1n) is 7.30. The molecule has 0 aliphatic carbocycles. The van der Waals surface area contributed by atoms with E-state index in [-0.39, 0.29) is 0 Å². The van der Waals surface area contributed by atoms with Gasteiger partial charge in [0.05, 0.1) is 22.4 Å². The van der Waals surface area contributed by atoms with Crippen molar-refractivity contribution >= 4 is 11.7 Å². The van der Waals surface area contributed by atoms with E-state index in [1.54, 1.807) is 0 Å². The molecule has 2 rings (SSSR count). The number of aryl methyl sites for hydroxylation is 2. The summed E-state index contributed by atoms with van der Waals surface area (Å²) in [4.78, 5) is 18.0. The Morgan fingerprint density at radius 2 is 2.10 bits per heavy atom. The highest BCUT2D eigenvalue weighted by Crippen LogP contribution is 2.37. The van der Waals surface area contributed by atoms with Crippen molar-refractivity contribution in [3.05, 3.63) is 23.0 Å². The van der Waals surface area contributed by atoms with Gasteiger partial charge in [-0.2, -0.15) is 5.26 Å². The minimum Gasteiger partial charge on any atom is -0.481 e. The van der Waals surface area contributed by atoms with Gasteiger partial charge in [-0.05, 0) is 39.2 Å². The molecule has 0 radical (unpaired) electrons. The van der Waals surface area contributed by atoms with Crippen molar-refractivity contribution in [3.8, 4) is 6.07 Å². The summed E-state index contributed by atoms with van der Waals surface area (Å²) >= 11 is 0. The Hall–Kier alpha value is -2.09. The van der Waals surface area contributed by atoms with Crippen molar-refractivity contribution in [2.45, 2.75) is 40.0 Å². The number of aromatic nitrogens is 1. The number of pyridine rings is 1. The number of piperidine rings is 1. The maximum absolute atomic E-state index is 11.5. The fourth-order valence-electron chi connectivity index (χ4n) is 3.09. The molecule has 1 aliphatic rings. The van der Waals surface area contributed by atoms with Crippen LogP contribution in [0.25, 0.3) is 0 Å². The minimum absolute atomic E-state index is 0.597. The van der Waals surface area contributed by atoms with E-state index in [4.69, 9.17) is 0 Å². The molecule has 0 amide bonds. The van der Waals surface area contributed by atoms with E-state index in [1.807, 2.05) is 26.8 Å². The van der Waals surface area contributed by atoms with Gasteiger partial charge in [0.15, 0.2) is 0 Å². The quantitative estimate of drug-likeness (QED) is 0.924. The van der Waals surface area contributed by atoms with Gasteiger partial charge in [-0.25, -0.2) is 0 Å². The lowest BCUT2D eigenvalue weighted by atomic mass is 9.76. The monoisotopic (exact) mass is 287 g/mol. The van der Waals surface area contributed by atoms with E-state index in [0.717, 1.165) is 17.1 Å². The lowest BCUT2D eigenvalue weighted by Crippen LogP contribution is -2.44. The largest absolute Gasteiger partial charge is 0.481 e. The zero-order chi connectivity index (χ0) is 15.6. The Balaban J connectivity index is 2.28. The third-order valence-electron chi connectivity index (χ3n) is 4.61. The molecule has 0 atom stereocenters. The maximum Gasteiger partial charge on any atom is 0.309 e. The topological polar surface area (TPSA) is 77.2 Å². The van der Waals surface area contributed by atoms with Gasteiger partial charge in [-0.15, -0.1) is 0 Å². The molecule has 2 heterocycles. The van der Waals surface area contributed by atoms with Crippen molar-refractivity contribution in [2.24, 2.45) is 5.41 Å². The highest BCUT2D eigenvalue weighted by molar-refractivity contribution is 5.75. The summed E-state index contributed by atoms with van der Waals surface area (Å²) in [6.07, 6.45) is 1.88. The first-order valence-corrected chi connectivity index (χ1v) is 7.30. The molecule has 1 aromatic heterocycles. The Morgan fingerprint density at radius 1 is 1.48 bits per heavy atom. The number of carboxylic acid groups (broad SMARTS) is 1. The summed E-state index contributed by atoms with van der Waals surface area (Å²) in [7, 11) is 0. The van der Waals surface area contributed by atoms with Gasteiger partial charge in [-0.1, -0.05) is 6.92 Å². The third-order valence-corrected chi connectivity index (χ3v) is 4.61. The molecule has 0 unspecified atom stereocenters. The molecule has 21 heavy (non-hydrogen) atoms. The van der Waals surface area contributed by atoms with Crippen LogP contribution in [0.3, 0.4) is 0 Å². The fraction of sp³-hybridized carbons (Fsp3) is 0.562. The average molecular weight is 287 g/mol. The Labute approximate surface area is 125 Å². The molecule has 0 spiro atoms. The van der Waals surface area contributed by atoms with Gasteiger partial charge in [0.25, 0.3) is 0 Å². The summed E-state index contributed by atoms with van der Waals surface area (Å²) in [5, 5.41) is 18.8. The van der Waals surface area contributed by atoms with Crippen LogP contribution >= 0.6 is 0 Å². The van der Waals surface area contributed by atoms with E-state index in [9.17, 15) is 15.2 Å². The second kappa shape index (κ2) is 5.72. The van der Waals surface area contributed by atoms with E-state index < -0.39 is 11.4 Å². The van der Waals surface area contributed by atoms with E-state index in [1.165, 1.54) is 0 Å². The van der Waals surface area contributed by atoms with Gasteiger partial charge >= 0.3 is 5.97 Å². The van der Waals surface area contributed by atoms with Crippen LogP contribution in [0.1, 0.15) is 43.1 Å². The fourth-order valence-corrected chi connectivity index (χ4v) is 3.09. The Bertz CT molecular complexity index is 596. The number of nitriles is 1. The Morgan fingerprint density at radius 3 is 2.57 bits per heavy atom. The number of carbonyl (C=O) groups is 1. The molecule has 5 heteroatoms. The molecular formula is C16H21N3O2. The van der Waals surface area contributed by atoms with E-state index in [0.29, 0.717) is 37.9 Å². The number of nitrogens with zero attached hydrogens (tertiary/aromatic N) is 3. The molecule has 1 aliphatic heterocycles. The predicted molar refractivity (Wildman–Crippen MR) is 80.2 cm³/mol. The summed E-state index contributed by atoms with van der Waals surface area (Å²) in [6.45, 7) is 7.02. The summed E-state index contributed by atoms with van der Waals surface area (Å²) in [5.74, 6) is -0.702. The second-order valence-electron chi connectivity index (χ2n) is 5.78. The zero-order valence-electron chi connectivity index (χ0n) is 12.8. The van der Waals surface area contributed by atoms with Crippen LogP contribution in [-0.4, -0.2) is 29.1 Å². The molecular weight excluding hydrogens is 266 g/mol. The molecule has 0 aromatic carbocycles. The lowest BCUT2D eigenvalue weighted by molar-refractivity contribution is -0.150. The van der Waals surface area contributed by atoms with Gasteiger partial charge in [0.2, 0.25) is 0 Å². The van der Waals surface area contributed by atoms with Crippen molar-refractivity contribution in [2.75, 3.05) is 18.0 Å². The van der Waals surface area contributed by atoms with Crippen molar-refractivity contribution < 1.29 is 9.90 Å². The SMILES string of the molecule is CCC1(C(=O)O)CCN(c2cc(C)nc(C)c2C#N)CC1. The highest BCUT2D eigenvalue weighted by atomic mass is 16.4. The normalized spacial score (nSPS) is 17.3. The number of aliphatic carboxylic acids is 1. The van der Waals surface area contributed by atoms with Crippen LogP contribution in [0.2, 0.25) is 0 Å². The molecule has 0 bridgehead atoms. The van der Waals surface area contributed by atoms with Gasteiger partial charge in [-0.3, -0.25) is 9.78 Å². The van der Waals surface area contributed by atoms with Crippen molar-refractivity contribution in [3.63, 3.8) is 0 Å². The number of hydrogen-bond donors (Lipinski definition) is 1. The standard InChI is InChI=1S/C16H21N3O2/c1-4-16(15(20)21)5-7-19(8-6-16)14-9-11(2)18-12(3)13(14)10-17/h9H,4-8H2,1-3H3,(H,20,21). The van der Waals surface area contributed by atoms with Crippen LogP contribution in [0.5, 0.6) is 0 Å². The molecule has 1 N–H and O–H groups in total. The maximum atomic E-state index is 11.5. The molecule has 0 saturated carbocycles. The smallest absolute Gasteiger partial charge is 0.309 e. The van der Waals surface area contributed by atoms with Gasteiger partial charge in [0, 0.05) is 18.8 Å². The molecule has 1 aromatic rings. The number of hydrogen-bond acceptors (Lipinski definition) is 4. The van der Waals surface area contributed by atoms with Gasteiger partial charge in [0.1, 0.15) is 6.07 Å². The van der Waals surface area contributed by atoms with E-state index in [2.05, 4.69) is 16.0 Å². The number of anilines is 1. The lowest BCUT2D eigenvalue weighted by Gasteiger charge is -2.39. The third kappa shape index (κ3) is 2.71. The number of rotatable bonds is 3. The van der Waals surface area contributed by atoms with Crippen molar-refractivity contribution in [1.29, 1.82) is 5.26 Å².